The van der Waals surface area contributed by atoms with Crippen molar-refractivity contribution in [3.63, 3.8) is 0 Å². The zero-order valence-electron chi connectivity index (χ0n) is 15.6. The second-order valence-corrected chi connectivity index (χ2v) is 7.67. The summed E-state index contributed by atoms with van der Waals surface area (Å²) in [6.07, 6.45) is 4.48. The molecule has 1 saturated heterocycles. The zero-order valence-corrected chi connectivity index (χ0v) is 15.6. The highest BCUT2D eigenvalue weighted by Crippen LogP contribution is 2.45. The SMILES string of the molecule is Cc1cc(C(=O)NC2CCN(C(=O)C3(c4ccccc4)CCC3)CC2)on1. The van der Waals surface area contributed by atoms with Gasteiger partial charge >= 0.3 is 0 Å². The van der Waals surface area contributed by atoms with Crippen LogP contribution in [0.4, 0.5) is 0 Å². The van der Waals surface area contributed by atoms with E-state index in [1.165, 1.54) is 0 Å². The first-order chi connectivity index (χ1) is 13.1. The molecule has 0 bridgehead atoms. The summed E-state index contributed by atoms with van der Waals surface area (Å²) in [7, 11) is 0. The minimum Gasteiger partial charge on any atom is -0.351 e. The quantitative estimate of drug-likeness (QED) is 0.902. The molecule has 1 saturated carbocycles. The molecule has 0 atom stereocenters. The smallest absolute Gasteiger partial charge is 0.290 e. The van der Waals surface area contributed by atoms with Crippen LogP contribution in [0.2, 0.25) is 0 Å². The molecule has 1 aliphatic carbocycles. The van der Waals surface area contributed by atoms with Crippen LogP contribution in [-0.4, -0.2) is 41.0 Å². The van der Waals surface area contributed by atoms with E-state index in [1.807, 2.05) is 23.1 Å². The van der Waals surface area contributed by atoms with Gasteiger partial charge in [-0.25, -0.2) is 0 Å². The second-order valence-electron chi connectivity index (χ2n) is 7.67. The Kier molecular flexibility index (Phi) is 4.72. The highest BCUT2D eigenvalue weighted by molar-refractivity contribution is 5.92. The monoisotopic (exact) mass is 367 g/mol. The molecule has 2 aliphatic rings. The average Bonchev–Trinajstić information content (AvgIpc) is 3.09. The number of nitrogens with zero attached hydrogens (tertiary/aromatic N) is 2. The maximum Gasteiger partial charge on any atom is 0.290 e. The van der Waals surface area contributed by atoms with Crippen molar-refractivity contribution in [2.24, 2.45) is 0 Å². The van der Waals surface area contributed by atoms with Crippen LogP contribution in [0.1, 0.15) is 53.9 Å². The predicted octanol–water partition coefficient (Wildman–Crippen LogP) is 2.83. The van der Waals surface area contributed by atoms with Crippen LogP contribution in [0.5, 0.6) is 0 Å². The van der Waals surface area contributed by atoms with Crippen molar-refractivity contribution >= 4 is 11.8 Å². The fraction of sp³-hybridized carbons (Fsp3) is 0.476. The Balaban J connectivity index is 1.36. The molecule has 2 aromatic rings. The topological polar surface area (TPSA) is 75.4 Å². The molecule has 0 unspecified atom stereocenters. The summed E-state index contributed by atoms with van der Waals surface area (Å²) in [5.74, 6) is 0.249. The number of likely N-dealkylation sites (tertiary alicyclic amines) is 1. The summed E-state index contributed by atoms with van der Waals surface area (Å²) < 4.78 is 5.02. The molecule has 1 aromatic heterocycles. The molecule has 0 spiro atoms. The highest BCUT2D eigenvalue weighted by Gasteiger charge is 2.47. The van der Waals surface area contributed by atoms with Gasteiger partial charge in [-0.05, 0) is 38.2 Å². The molecular formula is C21H25N3O3. The van der Waals surface area contributed by atoms with E-state index in [4.69, 9.17) is 4.52 Å². The Morgan fingerprint density at radius 1 is 1.19 bits per heavy atom. The Labute approximate surface area is 158 Å². The molecule has 142 valence electrons. The third-order valence-corrected chi connectivity index (χ3v) is 5.91. The summed E-state index contributed by atoms with van der Waals surface area (Å²) in [4.78, 5) is 27.5. The van der Waals surface area contributed by atoms with Gasteiger partial charge in [-0.2, -0.15) is 0 Å². The second kappa shape index (κ2) is 7.18. The number of nitrogens with one attached hydrogen (secondary N) is 1. The molecule has 27 heavy (non-hydrogen) atoms. The average molecular weight is 367 g/mol. The number of benzene rings is 1. The van der Waals surface area contributed by atoms with Crippen LogP contribution < -0.4 is 5.32 Å². The molecular weight excluding hydrogens is 342 g/mol. The first kappa shape index (κ1) is 17.8. The van der Waals surface area contributed by atoms with Crippen LogP contribution >= 0.6 is 0 Å². The van der Waals surface area contributed by atoms with Gasteiger partial charge in [-0.1, -0.05) is 41.9 Å². The summed E-state index contributed by atoms with van der Waals surface area (Å²) in [5, 5.41) is 6.74. The van der Waals surface area contributed by atoms with Crippen molar-refractivity contribution in [3.05, 3.63) is 53.4 Å². The van der Waals surface area contributed by atoms with Gasteiger partial charge in [-0.3, -0.25) is 9.59 Å². The Morgan fingerprint density at radius 2 is 1.89 bits per heavy atom. The van der Waals surface area contributed by atoms with Gasteiger partial charge < -0.3 is 14.7 Å². The number of aryl methyl sites for hydroxylation is 1. The number of amides is 2. The third kappa shape index (κ3) is 3.36. The van der Waals surface area contributed by atoms with Gasteiger partial charge in [0.25, 0.3) is 5.91 Å². The van der Waals surface area contributed by atoms with E-state index in [9.17, 15) is 9.59 Å². The van der Waals surface area contributed by atoms with Crippen molar-refractivity contribution in [1.82, 2.24) is 15.4 Å². The number of carbonyl (C=O) groups excluding carboxylic acids is 2. The maximum atomic E-state index is 13.3. The van der Waals surface area contributed by atoms with E-state index in [0.717, 1.165) is 37.7 Å². The van der Waals surface area contributed by atoms with Crippen molar-refractivity contribution in [3.8, 4) is 0 Å². The number of hydrogen-bond acceptors (Lipinski definition) is 4. The predicted molar refractivity (Wildman–Crippen MR) is 100 cm³/mol. The van der Waals surface area contributed by atoms with E-state index in [2.05, 4.69) is 22.6 Å². The molecule has 2 heterocycles. The van der Waals surface area contributed by atoms with E-state index in [1.54, 1.807) is 13.0 Å². The molecule has 1 aromatic carbocycles. The van der Waals surface area contributed by atoms with Crippen LogP contribution in [0.15, 0.2) is 40.9 Å². The Bertz CT molecular complexity index is 818. The van der Waals surface area contributed by atoms with Crippen LogP contribution in [0.25, 0.3) is 0 Å². The normalized spacial score (nSPS) is 19.4. The molecule has 2 amide bonds. The van der Waals surface area contributed by atoms with E-state index < -0.39 is 0 Å². The van der Waals surface area contributed by atoms with E-state index in [-0.39, 0.29) is 29.0 Å². The summed E-state index contributed by atoms with van der Waals surface area (Å²) >= 11 is 0. The number of piperidine rings is 1. The summed E-state index contributed by atoms with van der Waals surface area (Å²) in [6, 6.07) is 11.8. The lowest BCUT2D eigenvalue weighted by molar-refractivity contribution is -0.142. The Morgan fingerprint density at radius 3 is 2.44 bits per heavy atom. The zero-order chi connectivity index (χ0) is 18.9. The van der Waals surface area contributed by atoms with Gasteiger partial charge in [0.15, 0.2) is 0 Å². The fourth-order valence-electron chi connectivity index (χ4n) is 4.17. The number of hydrogen-bond donors (Lipinski definition) is 1. The van der Waals surface area contributed by atoms with Crippen molar-refractivity contribution in [2.45, 2.75) is 50.5 Å². The highest BCUT2D eigenvalue weighted by atomic mass is 16.5. The molecule has 2 fully saturated rings. The minimum atomic E-state index is -0.339. The largest absolute Gasteiger partial charge is 0.351 e. The minimum absolute atomic E-state index is 0.0565. The van der Waals surface area contributed by atoms with Crippen molar-refractivity contribution in [2.75, 3.05) is 13.1 Å². The summed E-state index contributed by atoms with van der Waals surface area (Å²) in [5.41, 5.74) is 1.49. The lowest BCUT2D eigenvalue weighted by Crippen LogP contribution is -2.55. The Hall–Kier alpha value is -2.63. The van der Waals surface area contributed by atoms with Gasteiger partial charge in [0, 0.05) is 25.2 Å². The standard InChI is InChI=1S/C21H25N3O3/c1-15-14-18(27-23-15)19(25)22-17-8-12-24(13-9-17)20(26)21(10-5-11-21)16-6-3-2-4-7-16/h2-4,6-7,14,17H,5,8-13H2,1H3,(H,22,25). The lowest BCUT2D eigenvalue weighted by atomic mass is 9.63. The maximum absolute atomic E-state index is 13.3. The van der Waals surface area contributed by atoms with Crippen LogP contribution in [-0.2, 0) is 10.2 Å². The molecule has 0 radical (unpaired) electrons. The first-order valence-electron chi connectivity index (χ1n) is 9.67. The first-order valence-corrected chi connectivity index (χ1v) is 9.67. The molecule has 1 aliphatic heterocycles. The van der Waals surface area contributed by atoms with Crippen molar-refractivity contribution < 1.29 is 14.1 Å². The van der Waals surface area contributed by atoms with Gasteiger partial charge in [-0.15, -0.1) is 0 Å². The number of rotatable bonds is 4. The lowest BCUT2D eigenvalue weighted by Gasteiger charge is -2.45. The molecule has 6 nitrogen and oxygen atoms in total. The molecule has 4 rings (SSSR count). The summed E-state index contributed by atoms with van der Waals surface area (Å²) in [6.45, 7) is 3.13. The van der Waals surface area contributed by atoms with Gasteiger partial charge in [0.1, 0.15) is 0 Å². The molecule has 1 N–H and O–H groups in total. The van der Waals surface area contributed by atoms with Crippen LogP contribution in [0.3, 0.4) is 0 Å². The number of aromatic nitrogens is 1. The number of carbonyl (C=O) groups is 2. The fourth-order valence-corrected chi connectivity index (χ4v) is 4.17. The van der Waals surface area contributed by atoms with Crippen molar-refractivity contribution in [1.29, 1.82) is 0 Å². The van der Waals surface area contributed by atoms with E-state index >= 15 is 0 Å². The van der Waals surface area contributed by atoms with Gasteiger partial charge in [0.05, 0.1) is 11.1 Å². The van der Waals surface area contributed by atoms with Crippen LogP contribution in [0, 0.1) is 6.92 Å². The van der Waals surface area contributed by atoms with Gasteiger partial charge in [0.2, 0.25) is 11.7 Å². The molecule has 6 heteroatoms. The van der Waals surface area contributed by atoms with E-state index in [0.29, 0.717) is 18.8 Å². The third-order valence-electron chi connectivity index (χ3n) is 5.91.